The fourth-order valence-electron chi connectivity index (χ4n) is 3.36. The summed E-state index contributed by atoms with van der Waals surface area (Å²) in [6.07, 6.45) is 0.120. The van der Waals surface area contributed by atoms with Crippen LogP contribution in [0.2, 0.25) is 5.02 Å². The average Bonchev–Trinajstić information content (AvgIpc) is 3.10. The molecule has 0 bridgehead atoms. The summed E-state index contributed by atoms with van der Waals surface area (Å²) in [6.45, 7) is 2.12. The van der Waals surface area contributed by atoms with Crippen LogP contribution in [0.4, 0.5) is 11.4 Å². The Labute approximate surface area is 174 Å². The monoisotopic (exact) mass is 418 g/mol. The third-order valence-corrected chi connectivity index (χ3v) is 5.14. The lowest BCUT2D eigenvalue weighted by Crippen LogP contribution is -2.28. The maximum Gasteiger partial charge on any atom is 0.229 e. The molecule has 154 valence electrons. The number of amides is 2. The number of halogens is 1. The van der Waals surface area contributed by atoms with Crippen LogP contribution in [0.25, 0.3) is 0 Å². The number of carbonyl (C=O) groups is 2. The van der Waals surface area contributed by atoms with Gasteiger partial charge >= 0.3 is 0 Å². The van der Waals surface area contributed by atoms with Crippen molar-refractivity contribution in [3.63, 3.8) is 0 Å². The maximum absolute atomic E-state index is 12.7. The summed E-state index contributed by atoms with van der Waals surface area (Å²) < 4.78 is 16.0. The first-order valence-corrected chi connectivity index (χ1v) is 9.43. The molecule has 0 saturated carbocycles. The Morgan fingerprint density at radius 3 is 2.31 bits per heavy atom. The zero-order chi connectivity index (χ0) is 21.1. The number of benzene rings is 2. The Morgan fingerprint density at radius 1 is 1.10 bits per heavy atom. The zero-order valence-corrected chi connectivity index (χ0v) is 17.5. The average molecular weight is 419 g/mol. The van der Waals surface area contributed by atoms with E-state index in [1.165, 1.54) is 21.3 Å². The van der Waals surface area contributed by atoms with Crippen molar-refractivity contribution >= 4 is 34.8 Å². The molecule has 7 nitrogen and oxygen atoms in total. The lowest BCUT2D eigenvalue weighted by atomic mass is 10.1. The molecule has 8 heteroatoms. The molecule has 2 aromatic carbocycles. The van der Waals surface area contributed by atoms with Crippen molar-refractivity contribution in [3.8, 4) is 17.2 Å². The number of nitrogens with zero attached hydrogens (tertiary/aromatic N) is 1. The minimum absolute atomic E-state index is 0.120. The molecular formula is C21H23ClN2O5. The van der Waals surface area contributed by atoms with Gasteiger partial charge in [-0.05, 0) is 30.7 Å². The summed E-state index contributed by atoms with van der Waals surface area (Å²) in [5, 5.41) is 3.49. The first-order chi connectivity index (χ1) is 13.9. The van der Waals surface area contributed by atoms with Gasteiger partial charge in [-0.3, -0.25) is 9.59 Å². The van der Waals surface area contributed by atoms with Crippen LogP contribution in [-0.2, 0) is 9.59 Å². The van der Waals surface area contributed by atoms with Crippen molar-refractivity contribution in [2.24, 2.45) is 5.92 Å². The second-order valence-electron chi connectivity index (χ2n) is 6.74. The van der Waals surface area contributed by atoms with Crippen molar-refractivity contribution < 1.29 is 23.8 Å². The summed E-state index contributed by atoms with van der Waals surface area (Å²) in [5.41, 5.74) is 2.12. The van der Waals surface area contributed by atoms with Gasteiger partial charge in [-0.2, -0.15) is 0 Å². The standard InChI is InChI=1S/C21H23ClN2O5/c1-12-7-14(22)5-6-16(12)23-21(26)13-8-19(25)24(11-13)15-9-17(27-2)20(29-4)18(10-15)28-3/h5-7,9-10,13H,8,11H2,1-4H3,(H,23,26)/t13-/m0/s1. The molecule has 1 heterocycles. The molecule has 1 aliphatic rings. The summed E-state index contributed by atoms with van der Waals surface area (Å²) >= 11 is 5.96. The van der Waals surface area contributed by atoms with E-state index in [2.05, 4.69) is 5.32 Å². The Balaban J connectivity index is 1.80. The van der Waals surface area contributed by atoms with Crippen molar-refractivity contribution in [3.05, 3.63) is 40.9 Å². The van der Waals surface area contributed by atoms with Gasteiger partial charge in [-0.15, -0.1) is 0 Å². The third-order valence-electron chi connectivity index (χ3n) is 4.90. The van der Waals surface area contributed by atoms with Gasteiger partial charge in [0.15, 0.2) is 11.5 Å². The molecule has 1 atom stereocenters. The normalized spacial score (nSPS) is 16.0. The van der Waals surface area contributed by atoms with E-state index < -0.39 is 5.92 Å². The van der Waals surface area contributed by atoms with Crippen molar-refractivity contribution in [2.75, 3.05) is 38.1 Å². The van der Waals surface area contributed by atoms with Crippen LogP contribution in [-0.4, -0.2) is 39.7 Å². The largest absolute Gasteiger partial charge is 0.493 e. The summed E-state index contributed by atoms with van der Waals surface area (Å²) in [5.74, 6) is 0.499. The fourth-order valence-corrected chi connectivity index (χ4v) is 3.58. The van der Waals surface area contributed by atoms with Crippen LogP contribution in [0.15, 0.2) is 30.3 Å². The molecule has 29 heavy (non-hydrogen) atoms. The molecule has 2 amide bonds. The molecule has 0 aliphatic carbocycles. The first-order valence-electron chi connectivity index (χ1n) is 9.05. The third kappa shape index (κ3) is 4.24. The second-order valence-corrected chi connectivity index (χ2v) is 7.17. The van der Waals surface area contributed by atoms with Crippen LogP contribution in [0.3, 0.4) is 0 Å². The lowest BCUT2D eigenvalue weighted by Gasteiger charge is -2.20. The molecule has 1 aliphatic heterocycles. The zero-order valence-electron chi connectivity index (χ0n) is 16.7. The molecule has 2 aromatic rings. The van der Waals surface area contributed by atoms with Gasteiger partial charge < -0.3 is 24.4 Å². The number of rotatable bonds is 6. The van der Waals surface area contributed by atoms with E-state index in [0.717, 1.165) is 5.56 Å². The Bertz CT molecular complexity index is 922. The van der Waals surface area contributed by atoms with Crippen molar-refractivity contribution in [1.82, 2.24) is 0 Å². The number of anilines is 2. The predicted molar refractivity (Wildman–Crippen MR) is 111 cm³/mol. The highest BCUT2D eigenvalue weighted by Crippen LogP contribution is 2.42. The van der Waals surface area contributed by atoms with E-state index in [9.17, 15) is 9.59 Å². The molecule has 1 saturated heterocycles. The van der Waals surface area contributed by atoms with Gasteiger partial charge in [0, 0.05) is 35.8 Å². The highest BCUT2D eigenvalue weighted by Gasteiger charge is 2.36. The quantitative estimate of drug-likeness (QED) is 0.774. The minimum atomic E-state index is -0.475. The highest BCUT2D eigenvalue weighted by atomic mass is 35.5. The molecule has 0 aromatic heterocycles. The maximum atomic E-state index is 12.7. The van der Waals surface area contributed by atoms with Gasteiger partial charge in [-0.1, -0.05) is 11.6 Å². The van der Waals surface area contributed by atoms with Crippen LogP contribution in [0.5, 0.6) is 17.2 Å². The van der Waals surface area contributed by atoms with E-state index in [4.69, 9.17) is 25.8 Å². The van der Waals surface area contributed by atoms with Crippen molar-refractivity contribution in [1.29, 1.82) is 0 Å². The molecule has 3 rings (SSSR count). The van der Waals surface area contributed by atoms with Crippen LogP contribution < -0.4 is 24.4 Å². The predicted octanol–water partition coefficient (Wildman–Crippen LogP) is 3.67. The number of hydrogen-bond donors (Lipinski definition) is 1. The van der Waals surface area contributed by atoms with E-state index in [0.29, 0.717) is 33.6 Å². The van der Waals surface area contributed by atoms with Gasteiger partial charge in [-0.25, -0.2) is 0 Å². The fraction of sp³-hybridized carbons (Fsp3) is 0.333. The number of methoxy groups -OCH3 is 3. The second kappa shape index (κ2) is 8.61. The smallest absolute Gasteiger partial charge is 0.229 e. The van der Waals surface area contributed by atoms with Crippen LogP contribution in [0.1, 0.15) is 12.0 Å². The molecule has 0 unspecified atom stereocenters. The summed E-state index contributed by atoms with van der Waals surface area (Å²) in [6, 6.07) is 8.64. The van der Waals surface area contributed by atoms with Gasteiger partial charge in [0.05, 0.1) is 32.9 Å². The minimum Gasteiger partial charge on any atom is -0.493 e. The molecule has 0 spiro atoms. The number of carbonyl (C=O) groups excluding carboxylic acids is 2. The number of nitrogens with one attached hydrogen (secondary N) is 1. The molecular weight excluding hydrogens is 396 g/mol. The molecule has 0 radical (unpaired) electrons. The van der Waals surface area contributed by atoms with E-state index in [1.807, 2.05) is 6.92 Å². The van der Waals surface area contributed by atoms with Gasteiger partial charge in [0.2, 0.25) is 17.6 Å². The summed E-state index contributed by atoms with van der Waals surface area (Å²) in [4.78, 5) is 26.9. The van der Waals surface area contributed by atoms with E-state index in [-0.39, 0.29) is 24.8 Å². The number of ether oxygens (including phenoxy) is 3. The Kier molecular flexibility index (Phi) is 6.17. The topological polar surface area (TPSA) is 77.1 Å². The number of hydrogen-bond acceptors (Lipinski definition) is 5. The number of aryl methyl sites for hydroxylation is 1. The Hall–Kier alpha value is -2.93. The van der Waals surface area contributed by atoms with Gasteiger partial charge in [0.1, 0.15) is 0 Å². The SMILES string of the molecule is COc1cc(N2C[C@@H](C(=O)Nc3ccc(Cl)cc3C)CC2=O)cc(OC)c1OC. The van der Waals surface area contributed by atoms with Crippen LogP contribution >= 0.6 is 11.6 Å². The van der Waals surface area contributed by atoms with E-state index >= 15 is 0 Å². The molecule has 1 fully saturated rings. The molecule has 1 N–H and O–H groups in total. The van der Waals surface area contributed by atoms with Gasteiger partial charge in [0.25, 0.3) is 0 Å². The summed E-state index contributed by atoms with van der Waals surface area (Å²) in [7, 11) is 4.54. The Morgan fingerprint density at radius 2 is 1.76 bits per heavy atom. The van der Waals surface area contributed by atoms with E-state index in [1.54, 1.807) is 35.2 Å². The van der Waals surface area contributed by atoms with Crippen molar-refractivity contribution in [2.45, 2.75) is 13.3 Å². The highest BCUT2D eigenvalue weighted by molar-refractivity contribution is 6.30. The first kappa shape index (κ1) is 20.8. The van der Waals surface area contributed by atoms with Crippen LogP contribution in [0, 0.1) is 12.8 Å². The lowest BCUT2D eigenvalue weighted by molar-refractivity contribution is -0.122.